The van der Waals surface area contributed by atoms with Gasteiger partial charge in [0.05, 0.1) is 32.3 Å². The van der Waals surface area contributed by atoms with Crippen LogP contribution in [-0.2, 0) is 16.2 Å². The van der Waals surface area contributed by atoms with Gasteiger partial charge < -0.3 is 35.0 Å². The first kappa shape index (κ1) is 35.2. The van der Waals surface area contributed by atoms with E-state index in [2.05, 4.69) is 12.2 Å². The minimum Gasteiger partial charge on any atom is -0.493 e. The molecule has 4 atom stereocenters. The van der Waals surface area contributed by atoms with Gasteiger partial charge in [-0.15, -0.1) is 0 Å². The van der Waals surface area contributed by atoms with Crippen LogP contribution in [0.3, 0.4) is 0 Å². The number of fused-ring (bicyclic) bond motifs is 3. The molecule has 2 aliphatic carbocycles. The molecule has 0 aromatic heterocycles. The van der Waals surface area contributed by atoms with Crippen molar-refractivity contribution in [3.05, 3.63) is 34.9 Å². The number of carbonyl (C=O) groups is 2. The number of rotatable bonds is 18. The summed E-state index contributed by atoms with van der Waals surface area (Å²) in [5, 5.41) is 34.0. The molecule has 9 nitrogen and oxygen atoms in total. The maximum absolute atomic E-state index is 14.0. The zero-order valence-corrected chi connectivity index (χ0v) is 27.5. The van der Waals surface area contributed by atoms with E-state index in [9.17, 15) is 24.9 Å². The fraction of sp³-hybridized carbons (Fsp3) is 0.722. The van der Waals surface area contributed by atoms with Crippen LogP contribution >= 0.6 is 0 Å². The number of amides is 2. The number of hydrogen-bond donors (Lipinski definition) is 4. The summed E-state index contributed by atoms with van der Waals surface area (Å²) < 4.78 is 12.0. The molecule has 0 spiro atoms. The molecule has 45 heavy (non-hydrogen) atoms. The predicted molar refractivity (Wildman–Crippen MR) is 174 cm³/mol. The number of ether oxygens (including phenoxy) is 2. The van der Waals surface area contributed by atoms with Crippen molar-refractivity contribution in [1.29, 1.82) is 0 Å². The van der Waals surface area contributed by atoms with Crippen molar-refractivity contribution in [2.45, 2.75) is 134 Å². The molecule has 1 saturated carbocycles. The van der Waals surface area contributed by atoms with Gasteiger partial charge in [0, 0.05) is 30.6 Å². The van der Waals surface area contributed by atoms with Crippen LogP contribution in [0, 0.1) is 5.92 Å². The zero-order valence-electron chi connectivity index (χ0n) is 27.5. The molecule has 252 valence electrons. The average molecular weight is 629 g/mol. The minimum atomic E-state index is -1.07. The Balaban J connectivity index is 1.57. The van der Waals surface area contributed by atoms with Gasteiger partial charge in [-0.2, -0.15) is 0 Å². The molecule has 9 heteroatoms. The zero-order chi connectivity index (χ0) is 32.2. The number of hydrogen-bond acceptors (Lipinski definition) is 7. The molecule has 2 amide bonds. The van der Waals surface area contributed by atoms with E-state index in [4.69, 9.17) is 9.47 Å². The summed E-state index contributed by atoms with van der Waals surface area (Å²) in [4.78, 5) is 29.4. The number of nitrogens with zero attached hydrogens (tertiary/aromatic N) is 1. The highest BCUT2D eigenvalue weighted by molar-refractivity contribution is 5.96. The minimum absolute atomic E-state index is 0.00745. The van der Waals surface area contributed by atoms with Crippen LogP contribution in [0.2, 0.25) is 0 Å². The van der Waals surface area contributed by atoms with Crippen LogP contribution < -0.4 is 14.8 Å². The summed E-state index contributed by atoms with van der Waals surface area (Å²) in [7, 11) is 1.52. The van der Waals surface area contributed by atoms with E-state index < -0.39 is 24.2 Å². The second-order valence-electron chi connectivity index (χ2n) is 13.1. The third-order valence-corrected chi connectivity index (χ3v) is 9.85. The summed E-state index contributed by atoms with van der Waals surface area (Å²) in [5.74, 6) is 0.229. The van der Waals surface area contributed by atoms with Crippen LogP contribution in [0.5, 0.6) is 11.5 Å². The number of methoxy groups -OCH3 is 1. The van der Waals surface area contributed by atoms with Crippen LogP contribution in [0.1, 0.15) is 120 Å². The molecule has 4 N–H and O–H groups in total. The fourth-order valence-electron chi connectivity index (χ4n) is 7.39. The Bertz CT molecular complexity index is 1130. The van der Waals surface area contributed by atoms with Crippen LogP contribution in [0.25, 0.3) is 0 Å². The van der Waals surface area contributed by atoms with Gasteiger partial charge in [0.15, 0.2) is 11.5 Å². The maximum atomic E-state index is 14.0. The molecule has 0 radical (unpaired) electrons. The molecule has 0 bridgehead atoms. The number of aliphatic hydroxyl groups is 3. The third kappa shape index (κ3) is 9.01. The summed E-state index contributed by atoms with van der Waals surface area (Å²) >= 11 is 0. The molecule has 3 aliphatic rings. The van der Waals surface area contributed by atoms with E-state index in [0.717, 1.165) is 44.9 Å². The Hall–Kier alpha value is -2.62. The third-order valence-electron chi connectivity index (χ3n) is 9.85. The highest BCUT2D eigenvalue weighted by Crippen LogP contribution is 2.51. The van der Waals surface area contributed by atoms with Gasteiger partial charge in [-0.05, 0) is 49.0 Å². The standard InChI is InChI=1S/C36H56N2O7/c1-3-4-5-6-7-8-9-10-14-17-31(41)38(23-25-15-12-11-13-16-25)29-22-28(36(43)37-18-19-39)32-27-20-26(24-40)21-30(44-2)34(27)45-35(32)33(29)42/h20-22,25,29,32-33,35,39-40,42H,3-19,23-24H2,1-2H3,(H,37,43)/t29-,32+,33+,35+/m1/s1. The maximum Gasteiger partial charge on any atom is 0.247 e. The van der Waals surface area contributed by atoms with E-state index in [-0.39, 0.29) is 31.6 Å². The first-order chi connectivity index (χ1) is 21.9. The van der Waals surface area contributed by atoms with Crippen LogP contribution in [-0.4, -0.2) is 77.1 Å². The second-order valence-corrected chi connectivity index (χ2v) is 13.1. The van der Waals surface area contributed by atoms with Gasteiger partial charge in [-0.1, -0.05) is 77.6 Å². The summed E-state index contributed by atoms with van der Waals surface area (Å²) in [6.45, 7) is 2.43. The van der Waals surface area contributed by atoms with E-state index >= 15 is 0 Å². The van der Waals surface area contributed by atoms with Gasteiger partial charge in [0.1, 0.15) is 12.2 Å². The van der Waals surface area contributed by atoms with Gasteiger partial charge in [0.2, 0.25) is 11.8 Å². The summed E-state index contributed by atoms with van der Waals surface area (Å²) in [6, 6.07) is 2.75. The summed E-state index contributed by atoms with van der Waals surface area (Å²) in [6.07, 6.45) is 16.4. The van der Waals surface area contributed by atoms with Gasteiger partial charge in [0.25, 0.3) is 0 Å². The lowest BCUT2D eigenvalue weighted by Gasteiger charge is -2.42. The van der Waals surface area contributed by atoms with Crippen molar-refractivity contribution in [3.63, 3.8) is 0 Å². The number of nitrogens with one attached hydrogen (secondary N) is 1. The SMILES string of the molecule is CCCCCCCCCCCC(=O)N(CC1CCCCC1)[C@@H]1C=C(C(=O)NCCO)[C@@H]2c3cc(CO)cc(OC)c3O[C@@H]2[C@H]1O. The topological polar surface area (TPSA) is 129 Å². The summed E-state index contributed by atoms with van der Waals surface area (Å²) in [5.41, 5.74) is 1.66. The van der Waals surface area contributed by atoms with Crippen molar-refractivity contribution in [2.75, 3.05) is 26.8 Å². The number of unbranched alkanes of at least 4 members (excludes halogenated alkanes) is 8. The normalized spacial score (nSPS) is 22.6. The highest BCUT2D eigenvalue weighted by Gasteiger charge is 2.51. The second kappa shape index (κ2) is 17.9. The molecule has 0 saturated heterocycles. The first-order valence-electron chi connectivity index (χ1n) is 17.5. The van der Waals surface area contributed by atoms with E-state index in [1.807, 2.05) is 4.90 Å². The number of benzene rings is 1. The molecular formula is C36H56N2O7. The molecule has 1 aromatic rings. The van der Waals surface area contributed by atoms with E-state index in [1.54, 1.807) is 18.2 Å². The smallest absolute Gasteiger partial charge is 0.247 e. The molecular weight excluding hydrogens is 572 g/mol. The lowest BCUT2D eigenvalue weighted by molar-refractivity contribution is -0.138. The van der Waals surface area contributed by atoms with Crippen molar-refractivity contribution in [1.82, 2.24) is 10.2 Å². The van der Waals surface area contributed by atoms with Crippen molar-refractivity contribution >= 4 is 11.8 Å². The largest absolute Gasteiger partial charge is 0.493 e. The van der Waals surface area contributed by atoms with E-state index in [0.29, 0.717) is 47.1 Å². The Kier molecular flexibility index (Phi) is 14.0. The Morgan fingerprint density at radius 3 is 2.33 bits per heavy atom. The highest BCUT2D eigenvalue weighted by atomic mass is 16.5. The molecule has 1 aliphatic heterocycles. The van der Waals surface area contributed by atoms with Crippen LogP contribution in [0.4, 0.5) is 0 Å². The molecule has 1 fully saturated rings. The number of aliphatic hydroxyl groups excluding tert-OH is 3. The Labute approximate surface area is 269 Å². The first-order valence-corrected chi connectivity index (χ1v) is 17.5. The van der Waals surface area contributed by atoms with Gasteiger partial charge >= 0.3 is 0 Å². The number of carbonyl (C=O) groups excluding carboxylic acids is 2. The average Bonchev–Trinajstić information content (AvgIpc) is 3.45. The molecule has 4 rings (SSSR count). The quantitative estimate of drug-likeness (QED) is 0.166. The Morgan fingerprint density at radius 1 is 1.00 bits per heavy atom. The van der Waals surface area contributed by atoms with Crippen molar-refractivity contribution in [3.8, 4) is 11.5 Å². The van der Waals surface area contributed by atoms with Gasteiger partial charge in [-0.3, -0.25) is 9.59 Å². The lowest BCUT2D eigenvalue weighted by Crippen LogP contribution is -2.56. The lowest BCUT2D eigenvalue weighted by atomic mass is 9.76. The van der Waals surface area contributed by atoms with Crippen molar-refractivity contribution in [2.24, 2.45) is 5.92 Å². The predicted octanol–water partition coefficient (Wildman–Crippen LogP) is 5.14. The Morgan fingerprint density at radius 2 is 1.69 bits per heavy atom. The fourth-order valence-corrected chi connectivity index (χ4v) is 7.39. The molecule has 0 unspecified atom stereocenters. The van der Waals surface area contributed by atoms with Gasteiger partial charge in [-0.25, -0.2) is 0 Å². The van der Waals surface area contributed by atoms with Crippen molar-refractivity contribution < 1.29 is 34.4 Å². The molecule has 1 heterocycles. The van der Waals surface area contributed by atoms with Crippen LogP contribution in [0.15, 0.2) is 23.8 Å². The molecule has 1 aromatic carbocycles. The monoisotopic (exact) mass is 628 g/mol. The van der Waals surface area contributed by atoms with E-state index in [1.165, 1.54) is 52.1 Å².